The van der Waals surface area contributed by atoms with E-state index >= 15 is 0 Å². The number of hydrogen-bond acceptors (Lipinski definition) is 3. The minimum atomic E-state index is -0.250. The largest absolute Gasteiger partial charge is 0.353 e. The molecule has 3 aromatic carbocycles. The van der Waals surface area contributed by atoms with Crippen LogP contribution in [0.1, 0.15) is 5.56 Å². The summed E-state index contributed by atoms with van der Waals surface area (Å²) in [6.45, 7) is 0. The third-order valence-electron chi connectivity index (χ3n) is 4.56. The number of H-pyrrole nitrogens is 2. The summed E-state index contributed by atoms with van der Waals surface area (Å²) in [7, 11) is 0. The molecule has 0 amide bonds. The Hall–Kier alpha value is -3.91. The van der Waals surface area contributed by atoms with Gasteiger partial charge in [0, 0.05) is 10.9 Å². The summed E-state index contributed by atoms with van der Waals surface area (Å²) in [4.78, 5) is 23.3. The van der Waals surface area contributed by atoms with Gasteiger partial charge in [0.2, 0.25) is 0 Å². The van der Waals surface area contributed by atoms with E-state index in [-0.39, 0.29) is 5.56 Å². The molecular formula is C21H12N4O. The highest BCUT2D eigenvalue weighted by molar-refractivity contribution is 5.95. The molecule has 0 unspecified atom stereocenters. The molecule has 5 heteroatoms. The number of nitrogens with zero attached hydrogens (tertiary/aromatic N) is 2. The van der Waals surface area contributed by atoms with Crippen molar-refractivity contribution in [3.05, 3.63) is 76.6 Å². The van der Waals surface area contributed by atoms with Crippen LogP contribution in [0, 0.1) is 11.3 Å². The number of benzene rings is 3. The van der Waals surface area contributed by atoms with Gasteiger partial charge in [0.25, 0.3) is 5.56 Å². The van der Waals surface area contributed by atoms with Gasteiger partial charge in [-0.05, 0) is 47.2 Å². The summed E-state index contributed by atoms with van der Waals surface area (Å²) in [6, 6.07) is 21.2. The zero-order valence-corrected chi connectivity index (χ0v) is 13.6. The predicted octanol–water partition coefficient (Wildman–Crippen LogP) is 4.10. The van der Waals surface area contributed by atoms with Gasteiger partial charge in [0.15, 0.2) is 5.69 Å². The van der Waals surface area contributed by atoms with Crippen molar-refractivity contribution in [1.82, 2.24) is 15.0 Å². The van der Waals surface area contributed by atoms with Crippen LogP contribution in [0.25, 0.3) is 44.1 Å². The first kappa shape index (κ1) is 14.4. The molecule has 0 bridgehead atoms. The van der Waals surface area contributed by atoms with Crippen molar-refractivity contribution >= 4 is 32.7 Å². The van der Waals surface area contributed by atoms with E-state index in [9.17, 15) is 4.79 Å². The molecule has 0 atom stereocenters. The lowest BCUT2D eigenvalue weighted by molar-refractivity contribution is 1.21. The van der Waals surface area contributed by atoms with Gasteiger partial charge in [0.05, 0.1) is 28.4 Å². The maximum atomic E-state index is 12.6. The van der Waals surface area contributed by atoms with Crippen molar-refractivity contribution in [1.29, 1.82) is 5.26 Å². The Bertz CT molecular complexity index is 1420. The van der Waals surface area contributed by atoms with Crippen LogP contribution >= 0.6 is 0 Å². The second-order valence-corrected chi connectivity index (χ2v) is 6.23. The fraction of sp³-hybridized carbons (Fsp3) is 0. The van der Waals surface area contributed by atoms with Gasteiger partial charge in [0.1, 0.15) is 0 Å². The summed E-state index contributed by atoms with van der Waals surface area (Å²) >= 11 is 0. The highest BCUT2D eigenvalue weighted by Gasteiger charge is 2.11. The molecule has 5 nitrogen and oxygen atoms in total. The van der Waals surface area contributed by atoms with Crippen molar-refractivity contribution in [2.45, 2.75) is 0 Å². The quantitative estimate of drug-likeness (QED) is 0.452. The van der Waals surface area contributed by atoms with Crippen LogP contribution < -0.4 is 5.56 Å². The maximum absolute atomic E-state index is 12.6. The average Bonchev–Trinajstić information content (AvgIpc) is 3.08. The summed E-state index contributed by atoms with van der Waals surface area (Å²) in [5.41, 5.74) is 3.59. The SMILES string of the molecule is N#Cc1ccc2[nH]c(-c3nc4cc5ccccc5cc4[nH]c3=O)cc2c1. The molecule has 122 valence electrons. The van der Waals surface area contributed by atoms with E-state index in [1.165, 1.54) is 0 Å². The number of rotatable bonds is 1. The normalized spacial score (nSPS) is 11.2. The number of aromatic nitrogens is 3. The molecule has 5 rings (SSSR count). The van der Waals surface area contributed by atoms with Crippen molar-refractivity contribution < 1.29 is 0 Å². The van der Waals surface area contributed by atoms with E-state index in [1.54, 1.807) is 12.1 Å². The molecule has 0 aliphatic rings. The van der Waals surface area contributed by atoms with Crippen molar-refractivity contribution in [3.8, 4) is 17.5 Å². The molecule has 2 aromatic heterocycles. The molecule has 26 heavy (non-hydrogen) atoms. The third kappa shape index (κ3) is 2.17. The van der Waals surface area contributed by atoms with Gasteiger partial charge >= 0.3 is 0 Å². The predicted molar refractivity (Wildman–Crippen MR) is 102 cm³/mol. The Labute approximate surface area is 147 Å². The first-order valence-electron chi connectivity index (χ1n) is 8.17. The highest BCUT2D eigenvalue weighted by atomic mass is 16.1. The number of aromatic amines is 2. The van der Waals surface area contributed by atoms with Gasteiger partial charge in [-0.2, -0.15) is 5.26 Å². The first-order valence-corrected chi connectivity index (χ1v) is 8.17. The van der Waals surface area contributed by atoms with E-state index in [0.717, 1.165) is 27.2 Å². The van der Waals surface area contributed by atoms with Gasteiger partial charge in [-0.1, -0.05) is 24.3 Å². The Kier molecular flexibility index (Phi) is 2.94. The maximum Gasteiger partial charge on any atom is 0.276 e. The van der Waals surface area contributed by atoms with E-state index < -0.39 is 0 Å². The standard InChI is InChI=1S/C21H12N4O/c22-11-12-5-6-16-15(7-12)10-19(23-16)20-21(26)25-18-9-14-4-2-1-3-13(14)8-17(18)24-20/h1-10,23H,(H,25,26). The Morgan fingerprint density at radius 3 is 2.46 bits per heavy atom. The lowest BCUT2D eigenvalue weighted by Crippen LogP contribution is -2.11. The highest BCUT2D eigenvalue weighted by Crippen LogP contribution is 2.24. The zero-order chi connectivity index (χ0) is 17.7. The van der Waals surface area contributed by atoms with E-state index in [4.69, 9.17) is 5.26 Å². The molecule has 0 spiro atoms. The van der Waals surface area contributed by atoms with Crippen LogP contribution in [0.5, 0.6) is 0 Å². The third-order valence-corrected chi connectivity index (χ3v) is 4.56. The van der Waals surface area contributed by atoms with Gasteiger partial charge in [-0.25, -0.2) is 4.98 Å². The van der Waals surface area contributed by atoms with Crippen molar-refractivity contribution in [3.63, 3.8) is 0 Å². The summed E-state index contributed by atoms with van der Waals surface area (Å²) in [5, 5.41) is 12.0. The molecule has 0 saturated heterocycles. The van der Waals surface area contributed by atoms with Crippen LogP contribution in [-0.2, 0) is 0 Å². The van der Waals surface area contributed by atoms with Gasteiger partial charge in [-0.3, -0.25) is 4.79 Å². The fourth-order valence-corrected chi connectivity index (χ4v) is 3.29. The summed E-state index contributed by atoms with van der Waals surface area (Å²) < 4.78 is 0. The molecule has 2 N–H and O–H groups in total. The smallest absolute Gasteiger partial charge is 0.276 e. The Morgan fingerprint density at radius 2 is 1.65 bits per heavy atom. The topological polar surface area (TPSA) is 85.3 Å². The van der Waals surface area contributed by atoms with Crippen LogP contribution in [-0.4, -0.2) is 15.0 Å². The van der Waals surface area contributed by atoms with E-state index in [2.05, 4.69) is 21.0 Å². The van der Waals surface area contributed by atoms with E-state index in [1.807, 2.05) is 48.5 Å². The van der Waals surface area contributed by atoms with E-state index in [0.29, 0.717) is 22.5 Å². The lowest BCUT2D eigenvalue weighted by Gasteiger charge is -2.03. The second kappa shape index (κ2) is 5.30. The molecule has 0 fully saturated rings. The van der Waals surface area contributed by atoms with Gasteiger partial charge < -0.3 is 9.97 Å². The molecular weight excluding hydrogens is 324 g/mol. The Balaban J connectivity index is 1.75. The number of hydrogen-bond donors (Lipinski definition) is 2. The Morgan fingerprint density at radius 1 is 0.846 bits per heavy atom. The molecule has 5 aromatic rings. The molecule has 2 heterocycles. The van der Waals surface area contributed by atoms with Crippen LogP contribution in [0.2, 0.25) is 0 Å². The number of nitriles is 1. The van der Waals surface area contributed by atoms with Crippen LogP contribution in [0.15, 0.2) is 65.5 Å². The monoisotopic (exact) mass is 336 g/mol. The molecule has 0 aliphatic heterocycles. The zero-order valence-electron chi connectivity index (χ0n) is 13.6. The molecule has 0 saturated carbocycles. The molecule has 0 aliphatic carbocycles. The van der Waals surface area contributed by atoms with Crippen molar-refractivity contribution in [2.24, 2.45) is 0 Å². The number of nitrogens with one attached hydrogen (secondary N) is 2. The second-order valence-electron chi connectivity index (χ2n) is 6.23. The summed E-state index contributed by atoms with van der Waals surface area (Å²) in [6.07, 6.45) is 0. The van der Waals surface area contributed by atoms with Gasteiger partial charge in [-0.15, -0.1) is 0 Å². The average molecular weight is 336 g/mol. The number of fused-ring (bicyclic) bond motifs is 3. The lowest BCUT2D eigenvalue weighted by atomic mass is 10.1. The minimum Gasteiger partial charge on any atom is -0.353 e. The van der Waals surface area contributed by atoms with Crippen LogP contribution in [0.4, 0.5) is 0 Å². The molecule has 0 radical (unpaired) electrons. The minimum absolute atomic E-state index is 0.250. The first-order chi connectivity index (χ1) is 12.7. The summed E-state index contributed by atoms with van der Waals surface area (Å²) in [5.74, 6) is 0. The van der Waals surface area contributed by atoms with Crippen LogP contribution in [0.3, 0.4) is 0 Å². The fourth-order valence-electron chi connectivity index (χ4n) is 3.29. The van der Waals surface area contributed by atoms with Crippen molar-refractivity contribution in [2.75, 3.05) is 0 Å².